The first kappa shape index (κ1) is 18.2. The van der Waals surface area contributed by atoms with Gasteiger partial charge in [0, 0.05) is 32.8 Å². The first-order valence-electron chi connectivity index (χ1n) is 8.11. The van der Waals surface area contributed by atoms with Crippen LogP contribution in [0.4, 0.5) is 4.79 Å². The molecule has 1 N–H and O–H groups in total. The number of carbonyl (C=O) groups excluding carboxylic acids is 1. The molecule has 0 aromatic carbocycles. The average molecular weight is 300 g/mol. The van der Waals surface area contributed by atoms with E-state index < -0.39 is 5.60 Å². The SMILES string of the molecule is CCCC1CC(NCCN(C)C(=O)OC(C)(C)C)CCO1. The minimum absolute atomic E-state index is 0.264. The molecule has 1 aliphatic rings. The molecule has 0 saturated carbocycles. The highest BCUT2D eigenvalue weighted by Gasteiger charge is 2.22. The largest absolute Gasteiger partial charge is 0.444 e. The third-order valence-electron chi connectivity index (χ3n) is 3.56. The molecule has 1 heterocycles. The Kier molecular flexibility index (Phi) is 7.46. The maximum absolute atomic E-state index is 11.8. The van der Waals surface area contributed by atoms with E-state index in [0.29, 0.717) is 18.7 Å². The molecular weight excluding hydrogens is 268 g/mol. The van der Waals surface area contributed by atoms with E-state index in [1.165, 1.54) is 6.42 Å². The predicted molar refractivity (Wildman–Crippen MR) is 84.5 cm³/mol. The van der Waals surface area contributed by atoms with Crippen LogP contribution in [-0.4, -0.2) is 55.5 Å². The Morgan fingerprint density at radius 3 is 2.76 bits per heavy atom. The van der Waals surface area contributed by atoms with Crippen LogP contribution in [0, 0.1) is 0 Å². The summed E-state index contributed by atoms with van der Waals surface area (Å²) in [4.78, 5) is 13.5. The van der Waals surface area contributed by atoms with Crippen molar-refractivity contribution in [1.29, 1.82) is 0 Å². The second kappa shape index (κ2) is 8.59. The zero-order valence-corrected chi connectivity index (χ0v) is 14.3. The number of ether oxygens (including phenoxy) is 2. The molecule has 1 saturated heterocycles. The molecule has 0 bridgehead atoms. The van der Waals surface area contributed by atoms with Crippen molar-refractivity contribution in [2.75, 3.05) is 26.7 Å². The summed E-state index contributed by atoms with van der Waals surface area (Å²) >= 11 is 0. The van der Waals surface area contributed by atoms with E-state index in [-0.39, 0.29) is 6.09 Å². The van der Waals surface area contributed by atoms with Gasteiger partial charge in [0.05, 0.1) is 6.10 Å². The van der Waals surface area contributed by atoms with Crippen LogP contribution in [0.5, 0.6) is 0 Å². The quantitative estimate of drug-likeness (QED) is 0.819. The molecule has 2 atom stereocenters. The van der Waals surface area contributed by atoms with Gasteiger partial charge in [-0.1, -0.05) is 13.3 Å². The molecule has 5 nitrogen and oxygen atoms in total. The number of carbonyl (C=O) groups is 1. The first-order chi connectivity index (χ1) is 9.81. The molecule has 0 radical (unpaired) electrons. The van der Waals surface area contributed by atoms with Gasteiger partial charge >= 0.3 is 6.09 Å². The van der Waals surface area contributed by atoms with Gasteiger partial charge in [-0.05, 0) is 40.0 Å². The van der Waals surface area contributed by atoms with E-state index in [4.69, 9.17) is 9.47 Å². The summed E-state index contributed by atoms with van der Waals surface area (Å²) < 4.78 is 11.1. The molecule has 1 fully saturated rings. The van der Waals surface area contributed by atoms with E-state index in [1.807, 2.05) is 20.8 Å². The number of hydrogen-bond donors (Lipinski definition) is 1. The Hall–Kier alpha value is -0.810. The van der Waals surface area contributed by atoms with Crippen LogP contribution in [0.3, 0.4) is 0 Å². The van der Waals surface area contributed by atoms with Crippen LogP contribution < -0.4 is 5.32 Å². The molecule has 1 rings (SSSR count). The van der Waals surface area contributed by atoms with Crippen molar-refractivity contribution in [3.63, 3.8) is 0 Å². The minimum atomic E-state index is -0.438. The summed E-state index contributed by atoms with van der Waals surface area (Å²) in [7, 11) is 1.78. The maximum atomic E-state index is 11.8. The monoisotopic (exact) mass is 300 g/mol. The molecular formula is C16H32N2O3. The lowest BCUT2D eigenvalue weighted by atomic mass is 10.0. The molecule has 0 aromatic heterocycles. The van der Waals surface area contributed by atoms with Gasteiger partial charge in [0.2, 0.25) is 0 Å². The fourth-order valence-electron chi connectivity index (χ4n) is 2.46. The van der Waals surface area contributed by atoms with Gasteiger partial charge in [-0.2, -0.15) is 0 Å². The van der Waals surface area contributed by atoms with E-state index in [1.54, 1.807) is 11.9 Å². The van der Waals surface area contributed by atoms with E-state index in [9.17, 15) is 4.79 Å². The molecule has 1 amide bonds. The number of nitrogens with one attached hydrogen (secondary N) is 1. The van der Waals surface area contributed by atoms with Crippen LogP contribution in [0.15, 0.2) is 0 Å². The Bertz CT molecular complexity index is 313. The summed E-state index contributed by atoms with van der Waals surface area (Å²) in [5.74, 6) is 0. The zero-order chi connectivity index (χ0) is 15.9. The van der Waals surface area contributed by atoms with E-state index in [2.05, 4.69) is 12.2 Å². The Morgan fingerprint density at radius 1 is 1.43 bits per heavy atom. The van der Waals surface area contributed by atoms with E-state index in [0.717, 1.165) is 32.4 Å². The Balaban J connectivity index is 2.22. The van der Waals surface area contributed by atoms with Crippen molar-refractivity contribution in [2.45, 2.75) is 71.1 Å². The number of amides is 1. The first-order valence-corrected chi connectivity index (χ1v) is 8.11. The number of hydrogen-bond acceptors (Lipinski definition) is 4. The van der Waals surface area contributed by atoms with Gasteiger partial charge in [0.25, 0.3) is 0 Å². The summed E-state index contributed by atoms with van der Waals surface area (Å²) in [6, 6.07) is 0.502. The molecule has 0 aliphatic carbocycles. The van der Waals surface area contributed by atoms with Crippen LogP contribution in [0.25, 0.3) is 0 Å². The van der Waals surface area contributed by atoms with Crippen LogP contribution in [0.1, 0.15) is 53.4 Å². The summed E-state index contributed by atoms with van der Waals surface area (Å²) in [5.41, 5.74) is -0.438. The molecule has 124 valence electrons. The highest BCUT2D eigenvalue weighted by Crippen LogP contribution is 2.17. The van der Waals surface area contributed by atoms with Gasteiger partial charge in [-0.3, -0.25) is 0 Å². The van der Waals surface area contributed by atoms with Crippen molar-refractivity contribution in [3.05, 3.63) is 0 Å². The van der Waals surface area contributed by atoms with Crippen molar-refractivity contribution in [1.82, 2.24) is 10.2 Å². The Morgan fingerprint density at radius 2 is 2.14 bits per heavy atom. The summed E-state index contributed by atoms with van der Waals surface area (Å²) in [6.07, 6.45) is 4.56. The normalized spacial score (nSPS) is 22.9. The number of nitrogens with zero attached hydrogens (tertiary/aromatic N) is 1. The van der Waals surface area contributed by atoms with Gasteiger partial charge in [0.1, 0.15) is 5.60 Å². The third-order valence-corrected chi connectivity index (χ3v) is 3.56. The fraction of sp³-hybridized carbons (Fsp3) is 0.938. The molecule has 1 aliphatic heterocycles. The highest BCUT2D eigenvalue weighted by atomic mass is 16.6. The number of likely N-dealkylation sites (N-methyl/N-ethyl adjacent to an activating group) is 1. The van der Waals surface area contributed by atoms with Gasteiger partial charge in [-0.25, -0.2) is 4.79 Å². The molecule has 0 spiro atoms. The summed E-state index contributed by atoms with van der Waals surface area (Å²) in [6.45, 7) is 10.1. The van der Waals surface area contributed by atoms with E-state index >= 15 is 0 Å². The maximum Gasteiger partial charge on any atom is 0.410 e. The topological polar surface area (TPSA) is 50.8 Å². The summed E-state index contributed by atoms with van der Waals surface area (Å²) in [5, 5.41) is 3.53. The highest BCUT2D eigenvalue weighted by molar-refractivity contribution is 5.67. The van der Waals surface area contributed by atoms with Gasteiger partial charge < -0.3 is 19.7 Å². The van der Waals surface area contributed by atoms with Crippen LogP contribution in [0.2, 0.25) is 0 Å². The second-order valence-corrected chi connectivity index (χ2v) is 6.86. The lowest BCUT2D eigenvalue weighted by Crippen LogP contribution is -2.43. The van der Waals surface area contributed by atoms with Crippen molar-refractivity contribution in [2.24, 2.45) is 0 Å². The van der Waals surface area contributed by atoms with Crippen molar-refractivity contribution in [3.8, 4) is 0 Å². The van der Waals surface area contributed by atoms with Crippen molar-refractivity contribution >= 4 is 6.09 Å². The van der Waals surface area contributed by atoms with Gasteiger partial charge in [0.15, 0.2) is 0 Å². The van der Waals surface area contributed by atoms with Gasteiger partial charge in [-0.15, -0.1) is 0 Å². The standard InChI is InChI=1S/C16H32N2O3/c1-6-7-14-12-13(8-11-20-14)17-9-10-18(5)15(19)21-16(2,3)4/h13-14,17H,6-12H2,1-5H3. The molecule has 0 aromatic rings. The molecule has 5 heteroatoms. The van der Waals surface area contributed by atoms with Crippen molar-refractivity contribution < 1.29 is 14.3 Å². The smallest absolute Gasteiger partial charge is 0.410 e. The average Bonchev–Trinajstić information content (AvgIpc) is 2.37. The minimum Gasteiger partial charge on any atom is -0.444 e. The van der Waals surface area contributed by atoms with Crippen LogP contribution >= 0.6 is 0 Å². The molecule has 2 unspecified atom stereocenters. The molecule has 21 heavy (non-hydrogen) atoms. The lowest BCUT2D eigenvalue weighted by molar-refractivity contribution is -0.00379. The zero-order valence-electron chi connectivity index (χ0n) is 14.3. The third kappa shape index (κ3) is 7.67. The predicted octanol–water partition coefficient (Wildman–Crippen LogP) is 2.79. The van der Waals surface area contributed by atoms with Crippen LogP contribution in [-0.2, 0) is 9.47 Å². The fourth-order valence-corrected chi connectivity index (χ4v) is 2.46. The number of rotatable bonds is 6. The second-order valence-electron chi connectivity index (χ2n) is 6.86. The lowest BCUT2D eigenvalue weighted by Gasteiger charge is -2.31. The Labute approximate surface area is 129 Å².